The average Bonchev–Trinajstić information content (AvgIpc) is 3.20. The standard InChI is InChI=1S/C20H27N6O7PS/c1-3-32-16(27)10-23-34(33-11-14-4-6-15(7-5-14)35(2,29)30)13-31-9-8-26-12-22-17-18(26)24-20(21)25-19(17)28/h4-7,12,23H,3,8-11,13H2,1-2H3,(H3,21,24,25,28). The fourth-order valence-electron chi connectivity index (χ4n) is 2.92. The van der Waals surface area contributed by atoms with E-state index in [0.717, 1.165) is 11.8 Å². The molecule has 0 fully saturated rings. The lowest BCUT2D eigenvalue weighted by atomic mass is 10.2. The van der Waals surface area contributed by atoms with Crippen LogP contribution in [0, 0.1) is 0 Å². The van der Waals surface area contributed by atoms with E-state index in [9.17, 15) is 18.0 Å². The molecule has 0 spiro atoms. The molecule has 0 saturated carbocycles. The van der Waals surface area contributed by atoms with Gasteiger partial charge in [0, 0.05) is 12.8 Å². The van der Waals surface area contributed by atoms with Gasteiger partial charge in [-0.1, -0.05) is 12.1 Å². The number of hydrogen-bond acceptors (Lipinski definition) is 11. The third-order valence-electron chi connectivity index (χ3n) is 4.62. The first-order valence-corrected chi connectivity index (χ1v) is 13.9. The zero-order valence-corrected chi connectivity index (χ0v) is 21.0. The molecule has 0 saturated heterocycles. The molecule has 0 bridgehead atoms. The summed E-state index contributed by atoms with van der Waals surface area (Å²) in [6.45, 7) is 2.74. The number of H-pyrrole nitrogens is 1. The fraction of sp³-hybridized carbons (Fsp3) is 0.400. The summed E-state index contributed by atoms with van der Waals surface area (Å²) < 4.78 is 41.5. The van der Waals surface area contributed by atoms with Crippen molar-refractivity contribution in [1.82, 2.24) is 24.6 Å². The van der Waals surface area contributed by atoms with Gasteiger partial charge in [0.1, 0.15) is 14.6 Å². The Kier molecular flexibility index (Phi) is 9.29. The monoisotopic (exact) mass is 526 g/mol. The molecule has 13 nitrogen and oxygen atoms in total. The van der Waals surface area contributed by atoms with Crippen molar-refractivity contribution in [2.45, 2.75) is 25.0 Å². The van der Waals surface area contributed by atoms with Crippen LogP contribution in [0.3, 0.4) is 0 Å². The van der Waals surface area contributed by atoms with E-state index >= 15 is 0 Å². The molecule has 1 unspecified atom stereocenters. The summed E-state index contributed by atoms with van der Waals surface area (Å²) in [5.41, 5.74) is 6.49. The van der Waals surface area contributed by atoms with Crippen LogP contribution >= 0.6 is 8.30 Å². The molecule has 0 aliphatic heterocycles. The van der Waals surface area contributed by atoms with Crippen molar-refractivity contribution >= 4 is 41.2 Å². The van der Waals surface area contributed by atoms with Gasteiger partial charge < -0.3 is 24.3 Å². The molecular weight excluding hydrogens is 499 g/mol. The van der Waals surface area contributed by atoms with E-state index in [2.05, 4.69) is 20.0 Å². The molecule has 190 valence electrons. The summed E-state index contributed by atoms with van der Waals surface area (Å²) >= 11 is 0. The Bertz CT molecular complexity index is 1310. The summed E-state index contributed by atoms with van der Waals surface area (Å²) in [6.07, 6.45) is 2.79. The predicted octanol–water partition coefficient (Wildman–Crippen LogP) is 0.761. The summed E-state index contributed by atoms with van der Waals surface area (Å²) in [6, 6.07) is 6.36. The van der Waals surface area contributed by atoms with Crippen LogP contribution in [0.4, 0.5) is 5.95 Å². The number of sulfone groups is 1. The molecule has 0 radical (unpaired) electrons. The van der Waals surface area contributed by atoms with Crippen molar-refractivity contribution in [2.24, 2.45) is 0 Å². The number of esters is 1. The summed E-state index contributed by atoms with van der Waals surface area (Å²) in [5, 5.41) is 3.00. The number of hydrogen-bond donors (Lipinski definition) is 3. The molecule has 1 aromatic carbocycles. The van der Waals surface area contributed by atoms with Crippen LogP contribution in [0.1, 0.15) is 12.5 Å². The number of nitrogens with zero attached hydrogens (tertiary/aromatic N) is 3. The Labute approximate surface area is 202 Å². The van der Waals surface area contributed by atoms with Crippen LogP contribution in [0.15, 0.2) is 40.3 Å². The first-order valence-electron chi connectivity index (χ1n) is 10.5. The second-order valence-electron chi connectivity index (χ2n) is 7.31. The van der Waals surface area contributed by atoms with Crippen molar-refractivity contribution in [2.75, 3.05) is 38.1 Å². The minimum atomic E-state index is -3.28. The molecular formula is C20H27N6O7PS. The molecule has 2 aromatic heterocycles. The topological polar surface area (TPSA) is 181 Å². The maximum absolute atomic E-state index is 11.9. The lowest BCUT2D eigenvalue weighted by Crippen LogP contribution is -2.23. The van der Waals surface area contributed by atoms with E-state index < -0.39 is 29.7 Å². The smallest absolute Gasteiger partial charge is 0.320 e. The van der Waals surface area contributed by atoms with E-state index in [1.165, 1.54) is 18.5 Å². The third kappa shape index (κ3) is 7.80. The summed E-state index contributed by atoms with van der Waals surface area (Å²) in [4.78, 5) is 34.4. The Hall–Kier alpha value is -2.90. The molecule has 15 heteroatoms. The molecule has 3 aromatic rings. The van der Waals surface area contributed by atoms with Crippen LogP contribution in [0.25, 0.3) is 11.2 Å². The summed E-state index contributed by atoms with van der Waals surface area (Å²) in [7, 11) is -4.66. The Morgan fingerprint density at radius 2 is 2.03 bits per heavy atom. The van der Waals surface area contributed by atoms with Gasteiger partial charge in [-0.25, -0.2) is 13.4 Å². The number of benzene rings is 1. The number of carbonyl (C=O) groups is 1. The van der Waals surface area contributed by atoms with Crippen molar-refractivity contribution < 1.29 is 27.2 Å². The Morgan fingerprint density at radius 1 is 1.29 bits per heavy atom. The highest BCUT2D eigenvalue weighted by atomic mass is 32.2. The van der Waals surface area contributed by atoms with E-state index in [4.69, 9.17) is 19.7 Å². The maximum Gasteiger partial charge on any atom is 0.320 e. The van der Waals surface area contributed by atoms with Gasteiger partial charge >= 0.3 is 5.97 Å². The first-order chi connectivity index (χ1) is 16.7. The zero-order valence-electron chi connectivity index (χ0n) is 19.3. The number of nitrogen functional groups attached to an aromatic ring is 1. The van der Waals surface area contributed by atoms with Crippen molar-refractivity contribution in [3.8, 4) is 0 Å². The van der Waals surface area contributed by atoms with E-state index in [1.54, 1.807) is 23.6 Å². The van der Waals surface area contributed by atoms with E-state index in [0.29, 0.717) is 12.2 Å². The van der Waals surface area contributed by atoms with E-state index in [1.807, 2.05) is 0 Å². The van der Waals surface area contributed by atoms with Crippen LogP contribution in [-0.2, 0) is 41.8 Å². The highest BCUT2D eigenvalue weighted by Gasteiger charge is 2.14. The molecule has 35 heavy (non-hydrogen) atoms. The van der Waals surface area contributed by atoms with Crippen molar-refractivity contribution in [1.29, 1.82) is 0 Å². The van der Waals surface area contributed by atoms with Crippen molar-refractivity contribution in [3.63, 3.8) is 0 Å². The maximum atomic E-state index is 11.9. The highest BCUT2D eigenvalue weighted by molar-refractivity contribution is 7.90. The number of nitrogens with one attached hydrogen (secondary N) is 2. The quantitative estimate of drug-likeness (QED) is 0.162. The predicted molar refractivity (Wildman–Crippen MR) is 129 cm³/mol. The minimum Gasteiger partial charge on any atom is -0.465 e. The number of aromatic amines is 1. The molecule has 3 rings (SSSR count). The van der Waals surface area contributed by atoms with Crippen molar-refractivity contribution in [3.05, 3.63) is 46.5 Å². The van der Waals surface area contributed by atoms with Gasteiger partial charge in [0.05, 0.1) is 37.6 Å². The third-order valence-corrected chi connectivity index (χ3v) is 7.12. The molecule has 1 atom stereocenters. The number of ether oxygens (including phenoxy) is 2. The fourth-order valence-corrected chi connectivity index (χ4v) is 4.72. The molecule has 0 aliphatic rings. The van der Waals surface area contributed by atoms with Gasteiger partial charge in [-0.05, 0) is 24.6 Å². The zero-order chi connectivity index (χ0) is 25.4. The summed E-state index contributed by atoms with van der Waals surface area (Å²) in [5.74, 6) is -0.422. The van der Waals surface area contributed by atoms with Gasteiger partial charge in [0.2, 0.25) is 5.95 Å². The number of nitrogens with two attached hydrogens (primary N) is 1. The number of imidazole rings is 1. The second-order valence-corrected chi connectivity index (χ2v) is 10.9. The minimum absolute atomic E-state index is 0.00479. The largest absolute Gasteiger partial charge is 0.465 e. The van der Waals surface area contributed by atoms with Gasteiger partial charge in [0.15, 0.2) is 21.0 Å². The number of aromatic nitrogens is 4. The molecule has 4 N–H and O–H groups in total. The molecule has 0 amide bonds. The highest BCUT2D eigenvalue weighted by Crippen LogP contribution is 2.33. The van der Waals surface area contributed by atoms with Gasteiger partial charge in [0.25, 0.3) is 5.56 Å². The molecule has 2 heterocycles. The average molecular weight is 527 g/mol. The molecule has 0 aliphatic carbocycles. The van der Waals surface area contributed by atoms with E-state index in [-0.39, 0.29) is 49.1 Å². The lowest BCUT2D eigenvalue weighted by Gasteiger charge is -2.19. The van der Waals surface area contributed by atoms with Crippen LogP contribution in [-0.4, -0.2) is 66.3 Å². The number of anilines is 1. The van der Waals surface area contributed by atoms with Crippen LogP contribution in [0.5, 0.6) is 0 Å². The van der Waals surface area contributed by atoms with Gasteiger partial charge in [-0.2, -0.15) is 4.98 Å². The normalized spacial score (nSPS) is 12.6. The first kappa shape index (κ1) is 26.7. The van der Waals surface area contributed by atoms with Gasteiger partial charge in [-0.15, -0.1) is 0 Å². The van der Waals surface area contributed by atoms with Crippen LogP contribution < -0.4 is 16.4 Å². The second kappa shape index (κ2) is 12.2. The SMILES string of the molecule is CCOC(=O)CNP(COCCn1cnc2c(=O)[nH]c(N)nc21)OCc1ccc(S(C)(=O)=O)cc1. The Balaban J connectivity index is 1.56. The number of rotatable bonds is 13. The number of carbonyl (C=O) groups excluding carboxylic acids is 1. The van der Waals surface area contributed by atoms with Gasteiger partial charge in [-0.3, -0.25) is 19.7 Å². The Morgan fingerprint density at radius 3 is 2.71 bits per heavy atom. The number of fused-ring (bicyclic) bond motifs is 1. The lowest BCUT2D eigenvalue weighted by molar-refractivity contribution is -0.141. The van der Waals surface area contributed by atoms with Crippen LogP contribution in [0.2, 0.25) is 0 Å².